The first-order chi connectivity index (χ1) is 6.37. The Balaban J connectivity index is 2.11. The van der Waals surface area contributed by atoms with Crippen LogP contribution >= 0.6 is 11.8 Å². The molecule has 0 radical (unpaired) electrons. The number of nitrogens with one attached hydrogen (secondary N) is 1. The first-order valence-electron chi connectivity index (χ1n) is 5.06. The van der Waals surface area contributed by atoms with Crippen LogP contribution in [0.2, 0.25) is 0 Å². The molecule has 1 saturated carbocycles. The van der Waals surface area contributed by atoms with Crippen LogP contribution in [0.4, 0.5) is 0 Å². The Morgan fingerprint density at radius 1 is 1.50 bits per heavy atom. The van der Waals surface area contributed by atoms with Crippen molar-refractivity contribution in [2.75, 3.05) is 5.75 Å². The molecule has 0 aromatic rings. The SMILES string of the molecule is CC(C)(C)SCC(=O)NC1CC(N)C1. The third-order valence-electron chi connectivity index (χ3n) is 2.18. The van der Waals surface area contributed by atoms with Gasteiger partial charge in [-0.1, -0.05) is 20.8 Å². The van der Waals surface area contributed by atoms with E-state index in [1.165, 1.54) is 0 Å². The van der Waals surface area contributed by atoms with Gasteiger partial charge in [-0.05, 0) is 12.8 Å². The van der Waals surface area contributed by atoms with Gasteiger partial charge in [0, 0.05) is 16.8 Å². The van der Waals surface area contributed by atoms with Gasteiger partial charge >= 0.3 is 0 Å². The molecule has 0 unspecified atom stereocenters. The van der Waals surface area contributed by atoms with E-state index in [1.807, 2.05) is 0 Å². The molecule has 0 saturated heterocycles. The highest BCUT2D eigenvalue weighted by Crippen LogP contribution is 2.23. The molecule has 3 nitrogen and oxygen atoms in total. The molecule has 0 aliphatic heterocycles. The van der Waals surface area contributed by atoms with Gasteiger partial charge in [0.2, 0.25) is 5.91 Å². The molecule has 4 heteroatoms. The number of carbonyl (C=O) groups excluding carboxylic acids is 1. The minimum absolute atomic E-state index is 0.141. The Kier molecular flexibility index (Phi) is 3.84. The summed E-state index contributed by atoms with van der Waals surface area (Å²) in [5.41, 5.74) is 5.63. The molecule has 1 aliphatic rings. The van der Waals surface area contributed by atoms with Crippen LogP contribution in [0.1, 0.15) is 33.6 Å². The zero-order valence-electron chi connectivity index (χ0n) is 9.17. The predicted molar refractivity (Wildman–Crippen MR) is 61.4 cm³/mol. The van der Waals surface area contributed by atoms with Gasteiger partial charge in [-0.25, -0.2) is 0 Å². The van der Waals surface area contributed by atoms with Gasteiger partial charge in [0.05, 0.1) is 5.75 Å². The number of hydrogen-bond donors (Lipinski definition) is 2. The van der Waals surface area contributed by atoms with E-state index >= 15 is 0 Å². The zero-order valence-corrected chi connectivity index (χ0v) is 9.99. The summed E-state index contributed by atoms with van der Waals surface area (Å²) in [4.78, 5) is 11.4. The summed E-state index contributed by atoms with van der Waals surface area (Å²) in [5.74, 6) is 0.691. The van der Waals surface area contributed by atoms with Gasteiger partial charge in [-0.15, -0.1) is 11.8 Å². The number of thioether (sulfide) groups is 1. The highest BCUT2D eigenvalue weighted by molar-refractivity contribution is 8.01. The maximum Gasteiger partial charge on any atom is 0.230 e. The topological polar surface area (TPSA) is 55.1 Å². The van der Waals surface area contributed by atoms with Crippen LogP contribution in [0.3, 0.4) is 0 Å². The highest BCUT2D eigenvalue weighted by Gasteiger charge is 2.27. The molecule has 0 bridgehead atoms. The summed E-state index contributed by atoms with van der Waals surface area (Å²) in [6.07, 6.45) is 1.87. The van der Waals surface area contributed by atoms with Crippen LogP contribution in [0.25, 0.3) is 0 Å². The van der Waals surface area contributed by atoms with E-state index in [-0.39, 0.29) is 10.7 Å². The summed E-state index contributed by atoms with van der Waals surface area (Å²) < 4.78 is 0.160. The van der Waals surface area contributed by atoms with Crippen LogP contribution in [-0.2, 0) is 4.79 Å². The van der Waals surface area contributed by atoms with Crippen molar-refractivity contribution in [1.82, 2.24) is 5.32 Å². The maximum absolute atomic E-state index is 11.4. The average molecular weight is 216 g/mol. The van der Waals surface area contributed by atoms with E-state index < -0.39 is 0 Å². The van der Waals surface area contributed by atoms with Crippen molar-refractivity contribution in [2.45, 2.75) is 50.4 Å². The monoisotopic (exact) mass is 216 g/mol. The number of nitrogens with two attached hydrogens (primary N) is 1. The molecule has 1 aliphatic carbocycles. The molecular weight excluding hydrogens is 196 g/mol. The largest absolute Gasteiger partial charge is 0.353 e. The second kappa shape index (κ2) is 4.53. The summed E-state index contributed by atoms with van der Waals surface area (Å²) in [6.45, 7) is 6.35. The standard InChI is InChI=1S/C10H20N2OS/c1-10(2,3)14-6-9(13)12-8-4-7(11)5-8/h7-8H,4-6,11H2,1-3H3,(H,12,13). The highest BCUT2D eigenvalue weighted by atomic mass is 32.2. The number of rotatable bonds is 3. The Morgan fingerprint density at radius 3 is 2.50 bits per heavy atom. The van der Waals surface area contributed by atoms with Gasteiger partial charge in [-0.2, -0.15) is 0 Å². The lowest BCUT2D eigenvalue weighted by atomic mass is 9.88. The molecule has 3 N–H and O–H groups in total. The molecule has 14 heavy (non-hydrogen) atoms. The third-order valence-corrected chi connectivity index (χ3v) is 3.45. The van der Waals surface area contributed by atoms with Gasteiger partial charge in [0.1, 0.15) is 0 Å². The first kappa shape index (κ1) is 11.9. The van der Waals surface area contributed by atoms with Gasteiger partial charge in [-0.3, -0.25) is 4.79 Å². The molecule has 0 heterocycles. The summed E-state index contributed by atoms with van der Waals surface area (Å²) >= 11 is 1.68. The molecule has 1 rings (SSSR count). The summed E-state index contributed by atoms with van der Waals surface area (Å²) in [7, 11) is 0. The fourth-order valence-electron chi connectivity index (χ4n) is 1.33. The van der Waals surface area contributed by atoms with Crippen LogP contribution in [-0.4, -0.2) is 28.5 Å². The van der Waals surface area contributed by atoms with E-state index in [9.17, 15) is 4.79 Å². The number of amides is 1. The molecule has 1 amide bonds. The Morgan fingerprint density at radius 2 is 2.07 bits per heavy atom. The van der Waals surface area contributed by atoms with E-state index in [4.69, 9.17) is 5.73 Å². The lowest BCUT2D eigenvalue weighted by Crippen LogP contribution is -2.50. The fourth-order valence-corrected chi connectivity index (χ4v) is 1.98. The lowest BCUT2D eigenvalue weighted by molar-refractivity contribution is -0.119. The smallest absolute Gasteiger partial charge is 0.230 e. The lowest BCUT2D eigenvalue weighted by Gasteiger charge is -2.33. The number of carbonyl (C=O) groups is 1. The normalized spacial score (nSPS) is 26.9. The first-order valence-corrected chi connectivity index (χ1v) is 6.04. The second-order valence-corrected chi connectivity index (χ2v) is 6.70. The molecule has 0 aromatic carbocycles. The molecule has 0 atom stereocenters. The Hall–Kier alpha value is -0.220. The van der Waals surface area contributed by atoms with Crippen molar-refractivity contribution < 1.29 is 4.79 Å². The van der Waals surface area contributed by atoms with E-state index in [0.29, 0.717) is 17.8 Å². The van der Waals surface area contributed by atoms with Crippen molar-refractivity contribution in [3.63, 3.8) is 0 Å². The van der Waals surface area contributed by atoms with Crippen molar-refractivity contribution in [3.8, 4) is 0 Å². The quantitative estimate of drug-likeness (QED) is 0.743. The van der Waals surface area contributed by atoms with Crippen molar-refractivity contribution >= 4 is 17.7 Å². The van der Waals surface area contributed by atoms with Gasteiger partial charge < -0.3 is 11.1 Å². The van der Waals surface area contributed by atoms with Crippen molar-refractivity contribution in [3.05, 3.63) is 0 Å². The van der Waals surface area contributed by atoms with Crippen LogP contribution in [0.5, 0.6) is 0 Å². The summed E-state index contributed by atoms with van der Waals surface area (Å²) in [5, 5.41) is 2.98. The average Bonchev–Trinajstić information content (AvgIpc) is 1.97. The molecule has 0 spiro atoms. The third kappa shape index (κ3) is 4.33. The van der Waals surface area contributed by atoms with Crippen molar-refractivity contribution in [2.24, 2.45) is 5.73 Å². The van der Waals surface area contributed by atoms with E-state index in [2.05, 4.69) is 26.1 Å². The van der Waals surface area contributed by atoms with Gasteiger partial charge in [0.25, 0.3) is 0 Å². The van der Waals surface area contributed by atoms with E-state index in [0.717, 1.165) is 12.8 Å². The van der Waals surface area contributed by atoms with Crippen LogP contribution in [0, 0.1) is 0 Å². The van der Waals surface area contributed by atoms with E-state index in [1.54, 1.807) is 11.8 Å². The predicted octanol–water partition coefficient (Wildman–Crippen LogP) is 1.12. The van der Waals surface area contributed by atoms with Crippen LogP contribution < -0.4 is 11.1 Å². The molecular formula is C10H20N2OS. The second-order valence-electron chi connectivity index (χ2n) is 4.90. The molecule has 82 valence electrons. The Labute approximate surface area is 90.2 Å². The fraction of sp³-hybridized carbons (Fsp3) is 0.900. The zero-order chi connectivity index (χ0) is 10.8. The minimum atomic E-state index is 0.141. The van der Waals surface area contributed by atoms with Crippen LogP contribution in [0.15, 0.2) is 0 Å². The Bertz CT molecular complexity index is 207. The van der Waals surface area contributed by atoms with Crippen molar-refractivity contribution in [1.29, 1.82) is 0 Å². The molecule has 1 fully saturated rings. The minimum Gasteiger partial charge on any atom is -0.353 e. The number of hydrogen-bond acceptors (Lipinski definition) is 3. The maximum atomic E-state index is 11.4. The summed E-state index contributed by atoms with van der Waals surface area (Å²) in [6, 6.07) is 0.633. The molecule has 0 aromatic heterocycles. The van der Waals surface area contributed by atoms with Gasteiger partial charge in [0.15, 0.2) is 0 Å².